The minimum Gasteiger partial charge on any atom is -0.383 e. The van der Waals surface area contributed by atoms with Crippen LogP contribution < -0.4 is 16.0 Å². The highest BCUT2D eigenvalue weighted by molar-refractivity contribution is 7.23. The summed E-state index contributed by atoms with van der Waals surface area (Å²) in [6.07, 6.45) is 1.20. The zero-order chi connectivity index (χ0) is 25.1. The molecule has 0 atom stereocenters. The van der Waals surface area contributed by atoms with Crippen LogP contribution in [0, 0.1) is 11.9 Å². The topological polar surface area (TPSA) is 88.2 Å². The predicted octanol–water partition coefficient (Wildman–Crippen LogP) is 4.58. The highest BCUT2D eigenvalue weighted by atomic mass is 32.1. The number of benzene rings is 1. The van der Waals surface area contributed by atoms with Gasteiger partial charge in [-0.2, -0.15) is 13.8 Å². The summed E-state index contributed by atoms with van der Waals surface area (Å²) in [5.41, 5.74) is 3.80. The molecule has 1 aliphatic rings. The van der Waals surface area contributed by atoms with Crippen molar-refractivity contribution in [1.82, 2.24) is 20.6 Å². The predicted molar refractivity (Wildman–Crippen MR) is 139 cm³/mol. The van der Waals surface area contributed by atoms with Gasteiger partial charge in [0.25, 0.3) is 0 Å². The molecule has 4 heterocycles. The maximum Gasteiger partial charge on any atom is 0.226 e. The summed E-state index contributed by atoms with van der Waals surface area (Å²) in [4.78, 5) is 22.0. The van der Waals surface area contributed by atoms with Crippen molar-refractivity contribution in [2.75, 3.05) is 38.7 Å². The second-order valence-corrected chi connectivity index (χ2v) is 10.5. The largest absolute Gasteiger partial charge is 0.383 e. The van der Waals surface area contributed by atoms with E-state index in [2.05, 4.69) is 20.9 Å². The van der Waals surface area contributed by atoms with Gasteiger partial charge < -0.3 is 20.7 Å². The normalized spacial score (nSPS) is 13.2. The Hall–Kier alpha value is -2.83. The van der Waals surface area contributed by atoms with Crippen molar-refractivity contribution in [3.8, 4) is 21.7 Å². The second kappa shape index (κ2) is 11.1. The fraction of sp³-hybridized carbons (Fsp3) is 0.320. The first-order chi connectivity index (χ1) is 17.5. The number of carbonyl (C=O) groups excluding carboxylic acids is 1. The van der Waals surface area contributed by atoms with Gasteiger partial charge in [0.2, 0.25) is 17.8 Å². The number of nitrogens with zero attached hydrogens (tertiary/aromatic N) is 2. The summed E-state index contributed by atoms with van der Waals surface area (Å²) < 4.78 is 33.4. The molecule has 0 saturated carbocycles. The number of thiophene rings is 1. The van der Waals surface area contributed by atoms with Crippen LogP contribution in [0.25, 0.3) is 31.9 Å². The first kappa shape index (κ1) is 24.8. The lowest BCUT2D eigenvalue weighted by molar-refractivity contribution is -0.116. The van der Waals surface area contributed by atoms with Crippen molar-refractivity contribution in [1.29, 1.82) is 0 Å². The van der Waals surface area contributed by atoms with Crippen molar-refractivity contribution >= 4 is 43.8 Å². The third-order valence-electron chi connectivity index (χ3n) is 5.92. The molecular formula is C25H25F2N5O2S2. The number of fused-ring (bicyclic) bond motifs is 2. The number of anilines is 1. The van der Waals surface area contributed by atoms with Gasteiger partial charge >= 0.3 is 0 Å². The van der Waals surface area contributed by atoms with Gasteiger partial charge in [0.1, 0.15) is 10.0 Å². The molecule has 1 aromatic carbocycles. The van der Waals surface area contributed by atoms with E-state index in [9.17, 15) is 13.6 Å². The van der Waals surface area contributed by atoms with E-state index in [1.807, 2.05) is 12.1 Å². The standard InChI is InChI=1S/C25H25F2N5O2S2/c1-34-11-10-28-9-7-21(33)32-25-22(16-6-8-29-13-19(16)36-25)24-30-17-4-2-14(12-18(17)35-24)15-3-5-20(26)31-23(15)27/h2-5,12,28-29H,6-11,13H2,1H3,(H,32,33). The molecule has 0 fully saturated rings. The van der Waals surface area contributed by atoms with Crippen LogP contribution in [-0.2, 0) is 22.5 Å². The summed E-state index contributed by atoms with van der Waals surface area (Å²) in [7, 11) is 1.64. The Morgan fingerprint density at radius 1 is 1.17 bits per heavy atom. The highest BCUT2D eigenvalue weighted by Crippen LogP contribution is 2.45. The molecule has 0 spiro atoms. The quantitative estimate of drug-likeness (QED) is 0.217. The second-order valence-electron chi connectivity index (χ2n) is 8.35. The van der Waals surface area contributed by atoms with Crippen molar-refractivity contribution in [2.45, 2.75) is 19.4 Å². The van der Waals surface area contributed by atoms with Crippen molar-refractivity contribution < 1.29 is 18.3 Å². The number of nitrogens with one attached hydrogen (secondary N) is 3. The van der Waals surface area contributed by atoms with Gasteiger partial charge in [-0.25, -0.2) is 4.98 Å². The van der Waals surface area contributed by atoms with Crippen molar-refractivity contribution in [3.63, 3.8) is 0 Å². The van der Waals surface area contributed by atoms with Crippen LogP contribution in [-0.4, -0.2) is 49.2 Å². The molecule has 0 aliphatic carbocycles. The fourth-order valence-corrected chi connectivity index (χ4v) is 6.55. The molecule has 7 nitrogen and oxygen atoms in total. The minimum absolute atomic E-state index is 0.0598. The van der Waals surface area contributed by atoms with E-state index < -0.39 is 11.9 Å². The van der Waals surface area contributed by atoms with Gasteiger partial charge in [-0.1, -0.05) is 6.07 Å². The minimum atomic E-state index is -0.852. The van der Waals surface area contributed by atoms with Gasteiger partial charge in [-0.05, 0) is 48.4 Å². The lowest BCUT2D eigenvalue weighted by Crippen LogP contribution is -2.24. The molecule has 1 aliphatic heterocycles. The molecule has 36 heavy (non-hydrogen) atoms. The number of halogens is 2. The Morgan fingerprint density at radius 3 is 2.89 bits per heavy atom. The van der Waals surface area contributed by atoms with E-state index in [-0.39, 0.29) is 11.5 Å². The van der Waals surface area contributed by atoms with Crippen LogP contribution in [0.4, 0.5) is 13.8 Å². The van der Waals surface area contributed by atoms with Crippen LogP contribution >= 0.6 is 22.7 Å². The summed E-state index contributed by atoms with van der Waals surface area (Å²) in [6, 6.07) is 7.97. The van der Waals surface area contributed by atoms with E-state index in [0.29, 0.717) is 31.7 Å². The lowest BCUT2D eigenvalue weighted by atomic mass is 10.0. The number of methoxy groups -OCH3 is 1. The molecule has 0 bridgehead atoms. The van der Waals surface area contributed by atoms with E-state index in [1.54, 1.807) is 24.5 Å². The Bertz CT molecular complexity index is 1400. The molecule has 1 amide bonds. The summed E-state index contributed by atoms with van der Waals surface area (Å²) in [5.74, 6) is -1.76. The molecule has 11 heteroatoms. The number of ether oxygens (including phenoxy) is 1. The van der Waals surface area contributed by atoms with Gasteiger partial charge in [-0.3, -0.25) is 4.79 Å². The SMILES string of the molecule is COCCNCCC(=O)Nc1sc2c(c1-c1nc3ccc(-c4ccc(F)nc4F)cc3s1)CCNC2. The van der Waals surface area contributed by atoms with Crippen LogP contribution in [0.1, 0.15) is 16.9 Å². The molecule has 3 N–H and O–H groups in total. The average molecular weight is 530 g/mol. The van der Waals surface area contributed by atoms with Crippen LogP contribution in [0.15, 0.2) is 30.3 Å². The fourth-order valence-electron chi connectivity index (χ4n) is 4.17. The van der Waals surface area contributed by atoms with Crippen molar-refractivity contribution in [2.24, 2.45) is 0 Å². The number of hydrogen-bond donors (Lipinski definition) is 3. The summed E-state index contributed by atoms with van der Waals surface area (Å²) in [5, 5.41) is 11.3. The lowest BCUT2D eigenvalue weighted by Gasteiger charge is -2.13. The van der Waals surface area contributed by atoms with Crippen LogP contribution in [0.2, 0.25) is 0 Å². The number of carbonyl (C=O) groups is 1. The molecule has 188 valence electrons. The zero-order valence-corrected chi connectivity index (χ0v) is 21.3. The van der Waals surface area contributed by atoms with E-state index in [1.165, 1.54) is 27.8 Å². The molecule has 0 unspecified atom stereocenters. The Kier molecular flexibility index (Phi) is 7.63. The third-order valence-corrected chi connectivity index (χ3v) is 8.10. The maximum atomic E-state index is 14.3. The smallest absolute Gasteiger partial charge is 0.226 e. The number of thiazole rings is 1. The van der Waals surface area contributed by atoms with E-state index in [0.717, 1.165) is 51.4 Å². The third kappa shape index (κ3) is 5.30. The number of hydrogen-bond acceptors (Lipinski definition) is 8. The molecule has 0 radical (unpaired) electrons. The van der Waals surface area contributed by atoms with Crippen LogP contribution in [0.3, 0.4) is 0 Å². The number of aromatic nitrogens is 2. The monoisotopic (exact) mass is 529 g/mol. The molecule has 5 rings (SSSR count). The van der Waals surface area contributed by atoms with Gasteiger partial charge in [0, 0.05) is 49.2 Å². The zero-order valence-electron chi connectivity index (χ0n) is 19.6. The number of pyridine rings is 1. The van der Waals surface area contributed by atoms with Gasteiger partial charge in [-0.15, -0.1) is 22.7 Å². The molecule has 4 aromatic rings. The number of rotatable bonds is 9. The van der Waals surface area contributed by atoms with E-state index in [4.69, 9.17) is 9.72 Å². The Morgan fingerprint density at radius 2 is 2.06 bits per heavy atom. The van der Waals surface area contributed by atoms with Crippen LogP contribution in [0.5, 0.6) is 0 Å². The summed E-state index contributed by atoms with van der Waals surface area (Å²) >= 11 is 3.08. The van der Waals surface area contributed by atoms with Gasteiger partial charge in [0.05, 0.1) is 16.8 Å². The highest BCUT2D eigenvalue weighted by Gasteiger charge is 2.25. The molecular weight excluding hydrogens is 504 g/mol. The van der Waals surface area contributed by atoms with Gasteiger partial charge in [0.15, 0.2) is 0 Å². The van der Waals surface area contributed by atoms with Crippen molar-refractivity contribution in [3.05, 3.63) is 52.7 Å². The first-order valence-electron chi connectivity index (χ1n) is 11.6. The number of amides is 1. The summed E-state index contributed by atoms with van der Waals surface area (Å²) in [6.45, 7) is 3.47. The Balaban J connectivity index is 1.44. The average Bonchev–Trinajstić information content (AvgIpc) is 3.43. The maximum absolute atomic E-state index is 14.3. The molecule has 0 saturated heterocycles. The first-order valence-corrected chi connectivity index (χ1v) is 13.2. The van der Waals surface area contributed by atoms with E-state index >= 15 is 0 Å². The molecule has 3 aromatic heterocycles. The Labute approximate surface area is 214 Å².